The second kappa shape index (κ2) is 6.74. The third-order valence-electron chi connectivity index (χ3n) is 3.67. The summed E-state index contributed by atoms with van der Waals surface area (Å²) in [5.41, 5.74) is 0.175. The summed E-state index contributed by atoms with van der Waals surface area (Å²) in [7, 11) is 0. The number of hydrogen-bond acceptors (Lipinski definition) is 5. The number of rotatable bonds is 6. The molecule has 3 aromatic heterocycles. The first-order valence-electron chi connectivity index (χ1n) is 7.88. The highest BCUT2D eigenvalue weighted by Crippen LogP contribution is 2.25. The van der Waals surface area contributed by atoms with Crippen LogP contribution in [0.4, 0.5) is 5.82 Å². The molecular formula is C17H20N4O3. The van der Waals surface area contributed by atoms with E-state index >= 15 is 0 Å². The molecule has 0 saturated heterocycles. The van der Waals surface area contributed by atoms with Gasteiger partial charge in [-0.3, -0.25) is 4.79 Å². The Kier molecular flexibility index (Phi) is 4.50. The van der Waals surface area contributed by atoms with Gasteiger partial charge >= 0.3 is 0 Å². The van der Waals surface area contributed by atoms with E-state index in [1.807, 2.05) is 4.68 Å². The van der Waals surface area contributed by atoms with Crippen LogP contribution in [0.2, 0.25) is 0 Å². The molecule has 1 unspecified atom stereocenters. The first kappa shape index (κ1) is 16.0. The molecule has 7 heteroatoms. The van der Waals surface area contributed by atoms with E-state index < -0.39 is 0 Å². The molecule has 0 spiro atoms. The SMILES string of the molecule is CC(C)CC(C)n1nccc1NC(=O)c1ncoc1-c1ccco1. The molecule has 1 N–H and O–H groups in total. The molecule has 24 heavy (non-hydrogen) atoms. The van der Waals surface area contributed by atoms with Crippen molar-refractivity contribution in [2.75, 3.05) is 5.32 Å². The summed E-state index contributed by atoms with van der Waals surface area (Å²) in [6.45, 7) is 6.39. The summed E-state index contributed by atoms with van der Waals surface area (Å²) >= 11 is 0. The first-order chi connectivity index (χ1) is 11.6. The average Bonchev–Trinajstić information content (AvgIpc) is 3.27. The van der Waals surface area contributed by atoms with Crippen LogP contribution in [0.5, 0.6) is 0 Å². The van der Waals surface area contributed by atoms with Crippen molar-refractivity contribution in [3.8, 4) is 11.5 Å². The number of amides is 1. The summed E-state index contributed by atoms with van der Waals surface area (Å²) in [4.78, 5) is 16.6. The zero-order valence-corrected chi connectivity index (χ0v) is 13.9. The Morgan fingerprint density at radius 2 is 2.12 bits per heavy atom. The lowest BCUT2D eigenvalue weighted by molar-refractivity contribution is 0.102. The molecule has 0 aliphatic carbocycles. The Bertz CT molecular complexity index is 802. The summed E-state index contributed by atoms with van der Waals surface area (Å²) in [5.74, 6) is 1.56. The van der Waals surface area contributed by atoms with E-state index in [0.29, 0.717) is 23.3 Å². The monoisotopic (exact) mass is 328 g/mol. The van der Waals surface area contributed by atoms with Gasteiger partial charge in [-0.05, 0) is 31.4 Å². The average molecular weight is 328 g/mol. The standard InChI is InChI=1S/C17H20N4O3/c1-11(2)9-12(3)21-14(6-7-19-21)20-17(22)15-16(24-10-18-15)13-5-4-8-23-13/h4-8,10-12H,9H2,1-3H3,(H,20,22). The van der Waals surface area contributed by atoms with Crippen molar-refractivity contribution in [3.63, 3.8) is 0 Å². The van der Waals surface area contributed by atoms with Crippen LogP contribution in [-0.2, 0) is 0 Å². The summed E-state index contributed by atoms with van der Waals surface area (Å²) in [5, 5.41) is 7.16. The fourth-order valence-electron chi connectivity index (χ4n) is 2.71. The predicted molar refractivity (Wildman–Crippen MR) is 88.6 cm³/mol. The molecule has 0 aliphatic rings. The van der Waals surface area contributed by atoms with Crippen LogP contribution >= 0.6 is 0 Å². The third-order valence-corrected chi connectivity index (χ3v) is 3.67. The van der Waals surface area contributed by atoms with Crippen molar-refractivity contribution in [3.05, 3.63) is 42.7 Å². The highest BCUT2D eigenvalue weighted by atomic mass is 16.4. The van der Waals surface area contributed by atoms with Crippen LogP contribution in [0.25, 0.3) is 11.5 Å². The Labute approximate surface area is 139 Å². The van der Waals surface area contributed by atoms with Gasteiger partial charge in [0.2, 0.25) is 5.76 Å². The van der Waals surface area contributed by atoms with Gasteiger partial charge in [-0.15, -0.1) is 0 Å². The maximum atomic E-state index is 12.6. The van der Waals surface area contributed by atoms with Crippen LogP contribution in [0.1, 0.15) is 43.7 Å². The Balaban J connectivity index is 1.80. The number of aromatic nitrogens is 3. The molecule has 0 fully saturated rings. The van der Waals surface area contributed by atoms with Gasteiger partial charge in [0.15, 0.2) is 17.8 Å². The van der Waals surface area contributed by atoms with E-state index in [9.17, 15) is 4.79 Å². The van der Waals surface area contributed by atoms with Gasteiger partial charge < -0.3 is 14.2 Å². The third kappa shape index (κ3) is 3.24. The van der Waals surface area contributed by atoms with Gasteiger partial charge in [0.25, 0.3) is 5.91 Å². The van der Waals surface area contributed by atoms with Crippen LogP contribution in [0.3, 0.4) is 0 Å². The van der Waals surface area contributed by atoms with E-state index in [0.717, 1.165) is 6.42 Å². The number of carbonyl (C=O) groups is 1. The predicted octanol–water partition coefficient (Wildman–Crippen LogP) is 3.99. The largest absolute Gasteiger partial charge is 0.461 e. The second-order valence-corrected chi connectivity index (χ2v) is 6.10. The molecule has 0 aliphatic heterocycles. The second-order valence-electron chi connectivity index (χ2n) is 6.10. The number of anilines is 1. The minimum atomic E-state index is -0.367. The molecule has 3 rings (SSSR count). The van der Waals surface area contributed by atoms with Crippen molar-refractivity contribution in [1.29, 1.82) is 0 Å². The molecule has 0 aromatic carbocycles. The van der Waals surface area contributed by atoms with E-state index in [-0.39, 0.29) is 17.6 Å². The van der Waals surface area contributed by atoms with E-state index in [4.69, 9.17) is 8.83 Å². The number of carbonyl (C=O) groups excluding carboxylic acids is 1. The lowest BCUT2D eigenvalue weighted by atomic mass is 10.1. The number of furan rings is 1. The van der Waals surface area contributed by atoms with Gasteiger partial charge in [0.1, 0.15) is 5.82 Å². The molecule has 1 amide bonds. The number of oxazole rings is 1. The molecule has 3 aromatic rings. The fourth-order valence-corrected chi connectivity index (χ4v) is 2.71. The molecule has 3 heterocycles. The maximum Gasteiger partial charge on any atom is 0.279 e. The lowest BCUT2D eigenvalue weighted by Gasteiger charge is -2.17. The molecule has 0 radical (unpaired) electrons. The van der Waals surface area contributed by atoms with Crippen molar-refractivity contribution < 1.29 is 13.6 Å². The minimum Gasteiger partial charge on any atom is -0.461 e. The van der Waals surface area contributed by atoms with Gasteiger partial charge in [0.05, 0.1) is 18.5 Å². The Morgan fingerprint density at radius 3 is 2.83 bits per heavy atom. The summed E-state index contributed by atoms with van der Waals surface area (Å²) in [6, 6.07) is 5.38. The van der Waals surface area contributed by atoms with Crippen LogP contribution < -0.4 is 5.32 Å². The smallest absolute Gasteiger partial charge is 0.279 e. The molecule has 7 nitrogen and oxygen atoms in total. The van der Waals surface area contributed by atoms with Gasteiger partial charge in [-0.1, -0.05) is 13.8 Å². The Morgan fingerprint density at radius 1 is 1.29 bits per heavy atom. The number of nitrogens with one attached hydrogen (secondary N) is 1. The van der Waals surface area contributed by atoms with Gasteiger partial charge in [-0.25, -0.2) is 9.67 Å². The highest BCUT2D eigenvalue weighted by Gasteiger charge is 2.22. The summed E-state index contributed by atoms with van der Waals surface area (Å²) in [6.07, 6.45) is 5.38. The van der Waals surface area contributed by atoms with E-state index in [1.54, 1.807) is 24.4 Å². The van der Waals surface area contributed by atoms with Crippen molar-refractivity contribution in [1.82, 2.24) is 14.8 Å². The van der Waals surface area contributed by atoms with Crippen molar-refractivity contribution in [2.24, 2.45) is 5.92 Å². The quantitative estimate of drug-likeness (QED) is 0.739. The van der Waals surface area contributed by atoms with Crippen LogP contribution in [-0.4, -0.2) is 20.7 Å². The fraction of sp³-hybridized carbons (Fsp3) is 0.353. The molecule has 1 atom stereocenters. The minimum absolute atomic E-state index is 0.175. The van der Waals surface area contributed by atoms with Crippen molar-refractivity contribution in [2.45, 2.75) is 33.2 Å². The van der Waals surface area contributed by atoms with Crippen molar-refractivity contribution >= 4 is 11.7 Å². The zero-order chi connectivity index (χ0) is 17.1. The lowest BCUT2D eigenvalue weighted by Crippen LogP contribution is -2.19. The molecular weight excluding hydrogens is 308 g/mol. The first-order valence-corrected chi connectivity index (χ1v) is 7.88. The summed E-state index contributed by atoms with van der Waals surface area (Å²) < 4.78 is 12.4. The zero-order valence-electron chi connectivity index (χ0n) is 13.9. The Hall–Kier alpha value is -2.83. The molecule has 126 valence electrons. The maximum absolute atomic E-state index is 12.6. The van der Waals surface area contributed by atoms with Crippen LogP contribution in [0, 0.1) is 5.92 Å². The topological polar surface area (TPSA) is 86.1 Å². The van der Waals surface area contributed by atoms with Gasteiger partial charge in [-0.2, -0.15) is 5.10 Å². The van der Waals surface area contributed by atoms with E-state index in [2.05, 4.69) is 36.2 Å². The van der Waals surface area contributed by atoms with E-state index in [1.165, 1.54) is 12.7 Å². The molecule has 0 saturated carbocycles. The van der Waals surface area contributed by atoms with Crippen LogP contribution in [0.15, 0.2) is 45.9 Å². The normalized spacial score (nSPS) is 12.5. The number of nitrogens with zero attached hydrogens (tertiary/aromatic N) is 3. The number of hydrogen-bond donors (Lipinski definition) is 1. The molecule has 0 bridgehead atoms. The van der Waals surface area contributed by atoms with Gasteiger partial charge in [0, 0.05) is 6.07 Å². The highest BCUT2D eigenvalue weighted by molar-refractivity contribution is 6.05.